The number of benzene rings is 10. The van der Waals surface area contributed by atoms with Gasteiger partial charge in [0.2, 0.25) is 0 Å². The van der Waals surface area contributed by atoms with Gasteiger partial charge >= 0.3 is 0 Å². The molecule has 0 bridgehead atoms. The number of anilines is 3. The molecule has 0 aliphatic heterocycles. The van der Waals surface area contributed by atoms with Gasteiger partial charge in [0.1, 0.15) is 0 Å². The van der Waals surface area contributed by atoms with E-state index in [1.54, 1.807) is 0 Å². The Morgan fingerprint density at radius 1 is 0.368 bits per heavy atom. The summed E-state index contributed by atoms with van der Waals surface area (Å²) in [5.41, 5.74) is 23.6. The minimum Gasteiger partial charge on any atom is -0.310 e. The van der Waals surface area contributed by atoms with E-state index >= 15 is 0 Å². The van der Waals surface area contributed by atoms with Crippen molar-refractivity contribution in [1.29, 1.82) is 0 Å². The second-order valence-corrected chi connectivity index (χ2v) is 17.6. The standard InChI is InChI=1S/C67H47N/c1-2-18-47(48-19-6-3-7-20-48)35-36-54-25-12-17-30-66(54)68(56-40-37-52(38-41-56)50-23-10-5-11-24-50)57-42-44-61-60-43-39-55(53-33-31-51(32-34-53)49-21-8-4-9-22-49)45-64(60)67(65(61)46-57)62-28-15-13-26-58(62)59-27-14-16-29-63(59)67/h2-46H,1H2/b36-35-,47-18+. The van der Waals surface area contributed by atoms with Crippen molar-refractivity contribution >= 4 is 28.7 Å². The van der Waals surface area contributed by atoms with E-state index in [0.29, 0.717) is 0 Å². The van der Waals surface area contributed by atoms with Gasteiger partial charge in [-0.25, -0.2) is 0 Å². The van der Waals surface area contributed by atoms with Crippen molar-refractivity contribution in [3.8, 4) is 55.6 Å². The van der Waals surface area contributed by atoms with Crippen LogP contribution >= 0.6 is 0 Å². The smallest absolute Gasteiger partial charge is 0.0726 e. The van der Waals surface area contributed by atoms with Crippen molar-refractivity contribution in [1.82, 2.24) is 0 Å². The van der Waals surface area contributed by atoms with Crippen molar-refractivity contribution in [3.05, 3.63) is 307 Å². The van der Waals surface area contributed by atoms with Crippen LogP contribution in [0.1, 0.15) is 33.4 Å². The topological polar surface area (TPSA) is 3.24 Å². The third-order valence-electron chi connectivity index (χ3n) is 13.9. The Morgan fingerprint density at radius 2 is 0.809 bits per heavy atom. The molecule has 0 heterocycles. The fourth-order valence-electron chi connectivity index (χ4n) is 10.8. The highest BCUT2D eigenvalue weighted by Gasteiger charge is 2.52. The monoisotopic (exact) mass is 865 g/mol. The van der Waals surface area contributed by atoms with Gasteiger partial charge in [-0.1, -0.05) is 243 Å². The van der Waals surface area contributed by atoms with Crippen molar-refractivity contribution in [2.75, 3.05) is 4.90 Å². The minimum atomic E-state index is -0.545. The van der Waals surface area contributed by atoms with Crippen molar-refractivity contribution in [2.45, 2.75) is 5.41 Å². The molecule has 0 radical (unpaired) electrons. The summed E-state index contributed by atoms with van der Waals surface area (Å²) in [6.45, 7) is 4.05. The molecule has 1 spiro atoms. The molecule has 0 N–H and O–H groups in total. The van der Waals surface area contributed by atoms with Gasteiger partial charge in [0.05, 0.1) is 11.1 Å². The van der Waals surface area contributed by atoms with E-state index in [1.807, 2.05) is 6.08 Å². The molecule has 10 aromatic rings. The van der Waals surface area contributed by atoms with Crippen molar-refractivity contribution in [2.24, 2.45) is 0 Å². The zero-order chi connectivity index (χ0) is 45.4. The molecule has 68 heavy (non-hydrogen) atoms. The summed E-state index contributed by atoms with van der Waals surface area (Å²) in [6.07, 6.45) is 8.39. The van der Waals surface area contributed by atoms with Crippen LogP contribution < -0.4 is 4.90 Å². The Labute approximate surface area is 399 Å². The normalized spacial score (nSPS) is 12.9. The molecule has 1 heteroatoms. The second-order valence-electron chi connectivity index (χ2n) is 17.6. The van der Waals surface area contributed by atoms with E-state index in [9.17, 15) is 0 Å². The third kappa shape index (κ3) is 6.87. The Hall–Kier alpha value is -8.78. The molecule has 0 atom stereocenters. The maximum Gasteiger partial charge on any atom is 0.0726 e. The molecule has 0 fully saturated rings. The Balaban J connectivity index is 1.05. The van der Waals surface area contributed by atoms with Crippen molar-refractivity contribution < 1.29 is 0 Å². The highest BCUT2D eigenvalue weighted by Crippen LogP contribution is 2.64. The summed E-state index contributed by atoms with van der Waals surface area (Å²) >= 11 is 0. The van der Waals surface area contributed by atoms with Crippen LogP contribution in [0, 0.1) is 0 Å². The molecular formula is C67H47N. The van der Waals surface area contributed by atoms with Gasteiger partial charge < -0.3 is 4.90 Å². The molecule has 0 saturated carbocycles. The molecule has 12 rings (SSSR count). The largest absolute Gasteiger partial charge is 0.310 e. The summed E-state index contributed by atoms with van der Waals surface area (Å²) in [4.78, 5) is 2.44. The molecule has 0 amide bonds. The molecular weight excluding hydrogens is 819 g/mol. The van der Waals surface area contributed by atoms with Crippen molar-refractivity contribution in [3.63, 3.8) is 0 Å². The first-order valence-corrected chi connectivity index (χ1v) is 23.4. The molecule has 0 aromatic heterocycles. The first-order valence-electron chi connectivity index (χ1n) is 23.4. The molecule has 0 saturated heterocycles. The van der Waals surface area contributed by atoms with Gasteiger partial charge in [0.15, 0.2) is 0 Å². The van der Waals surface area contributed by atoms with E-state index in [0.717, 1.165) is 33.8 Å². The number of hydrogen-bond acceptors (Lipinski definition) is 1. The predicted octanol–water partition coefficient (Wildman–Crippen LogP) is 17.8. The number of hydrogen-bond donors (Lipinski definition) is 0. The van der Waals surface area contributed by atoms with Crippen LogP contribution in [0.4, 0.5) is 17.1 Å². The Morgan fingerprint density at radius 3 is 1.43 bits per heavy atom. The lowest BCUT2D eigenvalue weighted by Gasteiger charge is -2.33. The highest BCUT2D eigenvalue weighted by atomic mass is 15.1. The highest BCUT2D eigenvalue weighted by molar-refractivity contribution is 5.98. The molecule has 0 unspecified atom stereocenters. The summed E-state index contributed by atoms with van der Waals surface area (Å²) in [5, 5.41) is 0. The molecule has 1 nitrogen and oxygen atoms in total. The first-order chi connectivity index (χ1) is 33.7. The zero-order valence-electron chi connectivity index (χ0n) is 37.6. The van der Waals surface area contributed by atoms with E-state index in [4.69, 9.17) is 0 Å². The predicted molar refractivity (Wildman–Crippen MR) is 287 cm³/mol. The zero-order valence-corrected chi connectivity index (χ0v) is 37.6. The number of rotatable bonds is 10. The molecule has 2 aliphatic rings. The number of para-hydroxylation sites is 1. The minimum absolute atomic E-state index is 0.545. The van der Waals surface area contributed by atoms with Gasteiger partial charge in [-0.3, -0.25) is 0 Å². The van der Waals surface area contributed by atoms with Crippen LogP contribution in [0.15, 0.2) is 274 Å². The average Bonchev–Trinajstić information content (AvgIpc) is 3.88. The maximum atomic E-state index is 4.05. The summed E-state index contributed by atoms with van der Waals surface area (Å²) < 4.78 is 0. The molecule has 2 aliphatic carbocycles. The summed E-state index contributed by atoms with van der Waals surface area (Å²) in [7, 11) is 0. The van der Waals surface area contributed by atoms with Crippen LogP contribution in [-0.2, 0) is 5.41 Å². The maximum absolute atomic E-state index is 4.05. The summed E-state index contributed by atoms with van der Waals surface area (Å²) in [5.74, 6) is 0. The van der Waals surface area contributed by atoms with Crippen LogP contribution in [0.3, 0.4) is 0 Å². The molecule has 320 valence electrons. The number of fused-ring (bicyclic) bond motifs is 10. The van der Waals surface area contributed by atoms with Gasteiger partial charge in [-0.2, -0.15) is 0 Å². The average molecular weight is 866 g/mol. The first kappa shape index (κ1) is 40.7. The Bertz CT molecular complexity index is 3500. The lowest BCUT2D eigenvalue weighted by atomic mass is 9.70. The van der Waals surface area contributed by atoms with Gasteiger partial charge in [-0.05, 0) is 131 Å². The SMILES string of the molecule is C=C/C=C(\C=C/c1ccccc1N(c1ccc(-c2ccccc2)cc1)c1ccc2c(c1)C1(c3ccccc3-c3ccccc31)c1cc(-c3ccc(-c4ccccc4)cc3)ccc1-2)c1ccccc1. The van der Waals surface area contributed by atoms with Crippen LogP contribution in [0.25, 0.3) is 67.3 Å². The Kier molecular flexibility index (Phi) is 10.3. The van der Waals surface area contributed by atoms with Gasteiger partial charge in [-0.15, -0.1) is 0 Å². The van der Waals surface area contributed by atoms with Gasteiger partial charge in [0, 0.05) is 11.4 Å². The van der Waals surface area contributed by atoms with Gasteiger partial charge in [0.25, 0.3) is 0 Å². The fraction of sp³-hybridized carbons (Fsp3) is 0.0149. The second kappa shape index (κ2) is 17.2. The van der Waals surface area contributed by atoms with E-state index in [-0.39, 0.29) is 0 Å². The lowest BCUT2D eigenvalue weighted by Crippen LogP contribution is -2.26. The van der Waals surface area contributed by atoms with E-state index in [2.05, 4.69) is 278 Å². The van der Waals surface area contributed by atoms with E-state index < -0.39 is 5.41 Å². The fourth-order valence-corrected chi connectivity index (χ4v) is 10.8. The third-order valence-corrected chi connectivity index (χ3v) is 13.9. The van der Waals surface area contributed by atoms with Crippen LogP contribution in [0.5, 0.6) is 0 Å². The quantitative estimate of drug-likeness (QED) is 0.124. The number of allylic oxidation sites excluding steroid dienone is 4. The number of nitrogens with zero attached hydrogens (tertiary/aromatic N) is 1. The lowest BCUT2D eigenvalue weighted by molar-refractivity contribution is 0.794. The van der Waals surface area contributed by atoms with Crippen LogP contribution in [-0.4, -0.2) is 0 Å². The van der Waals surface area contributed by atoms with E-state index in [1.165, 1.54) is 77.9 Å². The van der Waals surface area contributed by atoms with Crippen LogP contribution in [0.2, 0.25) is 0 Å². The summed E-state index contributed by atoms with van der Waals surface area (Å²) in [6, 6.07) is 91.1. The molecule has 10 aromatic carbocycles.